The molecule has 3 aromatic carbocycles. The van der Waals surface area contributed by atoms with Crippen LogP contribution < -0.4 is 9.47 Å². The van der Waals surface area contributed by atoms with Gasteiger partial charge in [-0.2, -0.15) is 4.31 Å². The average molecular weight is 612 g/mol. The van der Waals surface area contributed by atoms with E-state index in [0.29, 0.717) is 41.6 Å². The number of hydrogen-bond acceptors (Lipinski definition) is 8. The molecule has 0 saturated carbocycles. The van der Waals surface area contributed by atoms with E-state index in [9.17, 15) is 16.8 Å². The Hall–Kier alpha value is -2.96. The lowest BCUT2D eigenvalue weighted by Crippen LogP contribution is -2.57. The number of fused-ring (bicyclic) bond motifs is 1. The molecule has 3 aromatic rings. The Morgan fingerprint density at radius 1 is 0.762 bits per heavy atom. The lowest BCUT2D eigenvalue weighted by atomic mass is 9.99. The van der Waals surface area contributed by atoms with Crippen molar-refractivity contribution in [3.8, 4) is 11.5 Å². The molecule has 6 rings (SSSR count). The van der Waals surface area contributed by atoms with Gasteiger partial charge in [-0.25, -0.2) is 16.8 Å². The Morgan fingerprint density at radius 3 is 2.12 bits per heavy atom. The molecule has 11 heteroatoms. The second kappa shape index (κ2) is 11.6. The Labute approximate surface area is 248 Å². The molecule has 3 aliphatic rings. The first-order valence-corrected chi connectivity index (χ1v) is 17.4. The van der Waals surface area contributed by atoms with Gasteiger partial charge < -0.3 is 9.47 Å². The molecule has 2 atom stereocenters. The Bertz CT molecular complexity index is 1620. The van der Waals surface area contributed by atoms with Crippen LogP contribution in [0.15, 0.2) is 87.5 Å². The molecule has 9 nitrogen and oxygen atoms in total. The third kappa shape index (κ3) is 5.56. The zero-order valence-electron chi connectivity index (χ0n) is 23.9. The molecule has 0 spiro atoms. The molecule has 2 saturated heterocycles. The summed E-state index contributed by atoms with van der Waals surface area (Å²) < 4.78 is 64.8. The maximum absolute atomic E-state index is 13.3. The van der Waals surface area contributed by atoms with Gasteiger partial charge in [0.2, 0.25) is 26.7 Å². The fourth-order valence-electron chi connectivity index (χ4n) is 6.39. The number of nitrogens with zero attached hydrogens (tertiary/aromatic N) is 3. The van der Waals surface area contributed by atoms with E-state index in [-0.39, 0.29) is 22.6 Å². The highest BCUT2D eigenvalue weighted by Gasteiger charge is 2.35. The van der Waals surface area contributed by atoms with Crippen LogP contribution in [-0.4, -0.2) is 82.5 Å². The normalized spacial score (nSPS) is 21.8. The summed E-state index contributed by atoms with van der Waals surface area (Å²) in [6.45, 7) is 8.29. The SMILES string of the molecule is C[C@@H]1CN(C2CCN(S(=O)(=O)c3ccccc3)CC2)CCN1[C@@H](C)c1ccc(S(=O)(=O)c2ccc3c(c2)OCO3)cc1. The molecule has 0 aliphatic carbocycles. The summed E-state index contributed by atoms with van der Waals surface area (Å²) in [6.07, 6.45) is 1.65. The van der Waals surface area contributed by atoms with Crippen molar-refractivity contribution in [3.05, 3.63) is 78.4 Å². The molecule has 0 bridgehead atoms. The second-order valence-electron chi connectivity index (χ2n) is 11.3. The summed E-state index contributed by atoms with van der Waals surface area (Å²) in [5.41, 5.74) is 1.07. The predicted molar refractivity (Wildman–Crippen MR) is 159 cm³/mol. The van der Waals surface area contributed by atoms with Gasteiger partial charge in [-0.3, -0.25) is 9.80 Å². The zero-order valence-corrected chi connectivity index (χ0v) is 25.6. The van der Waals surface area contributed by atoms with Crippen molar-refractivity contribution >= 4 is 19.9 Å². The maximum Gasteiger partial charge on any atom is 0.243 e. The van der Waals surface area contributed by atoms with Crippen molar-refractivity contribution in [3.63, 3.8) is 0 Å². The largest absolute Gasteiger partial charge is 0.454 e. The van der Waals surface area contributed by atoms with Gasteiger partial charge in [0.05, 0.1) is 14.7 Å². The van der Waals surface area contributed by atoms with E-state index < -0.39 is 19.9 Å². The van der Waals surface area contributed by atoms with Gasteiger partial charge in [-0.05, 0) is 68.7 Å². The third-order valence-corrected chi connectivity index (χ3v) is 12.5. The predicted octanol–water partition coefficient (Wildman–Crippen LogP) is 4.17. The van der Waals surface area contributed by atoms with Gasteiger partial charge in [0.1, 0.15) is 0 Å². The number of piperidine rings is 1. The van der Waals surface area contributed by atoms with E-state index in [2.05, 4.69) is 23.6 Å². The molecule has 0 aromatic heterocycles. The fraction of sp³-hybridized carbons (Fsp3) is 0.419. The molecule has 0 N–H and O–H groups in total. The van der Waals surface area contributed by atoms with Crippen LogP contribution in [0.2, 0.25) is 0 Å². The van der Waals surface area contributed by atoms with Gasteiger partial charge in [-0.1, -0.05) is 30.3 Å². The third-order valence-electron chi connectivity index (χ3n) is 8.86. The summed E-state index contributed by atoms with van der Waals surface area (Å²) in [7, 11) is -7.13. The minimum atomic E-state index is -3.68. The van der Waals surface area contributed by atoms with Crippen LogP contribution in [0.1, 0.15) is 38.3 Å². The van der Waals surface area contributed by atoms with Crippen molar-refractivity contribution < 1.29 is 26.3 Å². The van der Waals surface area contributed by atoms with Crippen LogP contribution >= 0.6 is 0 Å². The minimum Gasteiger partial charge on any atom is -0.454 e. The number of benzene rings is 3. The van der Waals surface area contributed by atoms with Crippen LogP contribution in [0.4, 0.5) is 0 Å². The van der Waals surface area contributed by atoms with Crippen molar-refractivity contribution in [2.24, 2.45) is 0 Å². The molecule has 3 heterocycles. The van der Waals surface area contributed by atoms with Crippen molar-refractivity contribution in [1.29, 1.82) is 0 Å². The molecule has 2 fully saturated rings. The van der Waals surface area contributed by atoms with Crippen LogP contribution in [0, 0.1) is 0 Å². The highest BCUT2D eigenvalue weighted by atomic mass is 32.2. The van der Waals surface area contributed by atoms with Gasteiger partial charge in [0, 0.05) is 56.9 Å². The number of sulfone groups is 1. The molecule has 3 aliphatic heterocycles. The fourth-order valence-corrected chi connectivity index (χ4v) is 9.16. The van der Waals surface area contributed by atoms with Crippen LogP contribution in [0.25, 0.3) is 0 Å². The summed E-state index contributed by atoms with van der Waals surface area (Å²) in [5.74, 6) is 0.992. The van der Waals surface area contributed by atoms with Crippen molar-refractivity contribution in [2.45, 2.75) is 59.5 Å². The quantitative estimate of drug-likeness (QED) is 0.393. The average Bonchev–Trinajstić information content (AvgIpc) is 3.49. The van der Waals surface area contributed by atoms with E-state index in [1.54, 1.807) is 52.8 Å². The number of sulfonamides is 1. The molecule has 42 heavy (non-hydrogen) atoms. The monoisotopic (exact) mass is 611 g/mol. The van der Waals surface area contributed by atoms with E-state index in [1.807, 2.05) is 18.2 Å². The van der Waals surface area contributed by atoms with E-state index in [4.69, 9.17) is 9.47 Å². The first-order chi connectivity index (χ1) is 20.1. The number of piperazine rings is 1. The van der Waals surface area contributed by atoms with E-state index in [1.165, 1.54) is 6.07 Å². The van der Waals surface area contributed by atoms with Crippen LogP contribution in [0.5, 0.6) is 11.5 Å². The second-order valence-corrected chi connectivity index (χ2v) is 15.2. The Kier molecular flexibility index (Phi) is 8.05. The molecule has 0 unspecified atom stereocenters. The summed E-state index contributed by atoms with van der Waals surface area (Å²) >= 11 is 0. The van der Waals surface area contributed by atoms with Gasteiger partial charge in [0.15, 0.2) is 11.5 Å². The summed E-state index contributed by atoms with van der Waals surface area (Å²) in [5, 5.41) is 0. The summed E-state index contributed by atoms with van der Waals surface area (Å²) in [6, 6.07) is 21.4. The number of ether oxygens (including phenoxy) is 2. The maximum atomic E-state index is 13.3. The Balaban J connectivity index is 1.06. The first-order valence-electron chi connectivity index (χ1n) is 14.4. The minimum absolute atomic E-state index is 0.0937. The lowest BCUT2D eigenvalue weighted by molar-refractivity contribution is 0.0196. The van der Waals surface area contributed by atoms with E-state index in [0.717, 1.165) is 38.0 Å². The molecule has 0 radical (unpaired) electrons. The van der Waals surface area contributed by atoms with Gasteiger partial charge in [0.25, 0.3) is 0 Å². The van der Waals surface area contributed by atoms with Gasteiger partial charge in [-0.15, -0.1) is 0 Å². The highest BCUT2D eigenvalue weighted by molar-refractivity contribution is 7.91. The topological polar surface area (TPSA) is 96.5 Å². The molecule has 224 valence electrons. The molecular weight excluding hydrogens is 574 g/mol. The molecule has 0 amide bonds. The van der Waals surface area contributed by atoms with E-state index >= 15 is 0 Å². The number of hydrogen-bond donors (Lipinski definition) is 0. The standard InChI is InChI=1S/C31H37N3O6S2/c1-23-21-32(26-14-16-33(17-15-26)42(37,38)28-6-4-3-5-7-28)18-19-34(23)24(2)25-8-10-27(11-9-25)41(35,36)29-12-13-30-31(20-29)40-22-39-30/h3-13,20,23-24,26H,14-19,21-22H2,1-2H3/t23-,24+/m1/s1. The zero-order chi connectivity index (χ0) is 29.5. The smallest absolute Gasteiger partial charge is 0.243 e. The molecular formula is C31H37N3O6S2. The number of rotatable bonds is 7. The van der Waals surface area contributed by atoms with Crippen LogP contribution in [-0.2, 0) is 19.9 Å². The van der Waals surface area contributed by atoms with Crippen LogP contribution in [0.3, 0.4) is 0 Å². The van der Waals surface area contributed by atoms with Crippen molar-refractivity contribution in [1.82, 2.24) is 14.1 Å². The first kappa shape index (κ1) is 29.1. The highest BCUT2D eigenvalue weighted by Crippen LogP contribution is 2.36. The van der Waals surface area contributed by atoms with Crippen molar-refractivity contribution in [2.75, 3.05) is 39.5 Å². The Morgan fingerprint density at radius 2 is 1.43 bits per heavy atom. The lowest BCUT2D eigenvalue weighted by Gasteiger charge is -2.47. The van der Waals surface area contributed by atoms with Gasteiger partial charge >= 0.3 is 0 Å². The summed E-state index contributed by atoms with van der Waals surface area (Å²) in [4.78, 5) is 5.77.